The molecule has 1 rings (SSSR count). The fraction of sp³-hybridized carbons (Fsp3) is 0.357. The van der Waals surface area contributed by atoms with Crippen LogP contribution in [0.5, 0.6) is 0 Å². The van der Waals surface area contributed by atoms with Crippen LogP contribution >= 0.6 is 0 Å². The number of Topliss-reactive ketones (excluding diaryl/α,β-unsaturated/α-hetero) is 1. The van der Waals surface area contributed by atoms with Crippen molar-refractivity contribution in [2.45, 2.75) is 27.2 Å². The summed E-state index contributed by atoms with van der Waals surface area (Å²) in [4.78, 5) is 20.9. The molecule has 0 bridgehead atoms. The van der Waals surface area contributed by atoms with Gasteiger partial charge in [-0.3, -0.25) is 14.9 Å². The molecule has 0 aliphatic carbocycles. The van der Waals surface area contributed by atoms with Crippen molar-refractivity contribution in [2.24, 2.45) is 5.41 Å². The smallest absolute Gasteiger partial charge is 0.306 e. The van der Waals surface area contributed by atoms with Gasteiger partial charge in [0.25, 0.3) is 0 Å². The first-order valence-electron chi connectivity index (χ1n) is 5.88. The molecule has 0 atom stereocenters. The topological polar surface area (TPSA) is 86.2 Å². The molecule has 5 nitrogen and oxygen atoms in total. The number of carbonyl (C=O) groups excluding carboxylic acids is 1. The van der Waals surface area contributed by atoms with Crippen LogP contribution in [0.1, 0.15) is 32.8 Å². The van der Waals surface area contributed by atoms with Gasteiger partial charge in [-0.1, -0.05) is 11.8 Å². The number of hydrogen-bond acceptors (Lipinski definition) is 4. The van der Waals surface area contributed by atoms with Crippen molar-refractivity contribution in [2.75, 3.05) is 5.73 Å². The normalized spacial score (nSPS) is 10.6. The molecule has 0 spiro atoms. The highest BCUT2D eigenvalue weighted by Gasteiger charge is 2.19. The van der Waals surface area contributed by atoms with Crippen LogP contribution in [0.15, 0.2) is 12.1 Å². The van der Waals surface area contributed by atoms with Crippen LogP contribution in [-0.4, -0.2) is 10.7 Å². The molecular formula is C14H15FN2O3. The number of nitrogens with two attached hydrogens (primary N) is 1. The van der Waals surface area contributed by atoms with Gasteiger partial charge >= 0.3 is 5.69 Å². The number of anilines is 1. The summed E-state index contributed by atoms with van der Waals surface area (Å²) in [6.45, 7) is 5.01. The minimum absolute atomic E-state index is 0.0117. The lowest BCUT2D eigenvalue weighted by molar-refractivity contribution is -0.387. The molecule has 6 heteroatoms. The summed E-state index contributed by atoms with van der Waals surface area (Å²) < 4.78 is 13.3. The third-order valence-electron chi connectivity index (χ3n) is 2.54. The van der Waals surface area contributed by atoms with Crippen LogP contribution in [0, 0.1) is 33.2 Å². The number of benzene rings is 1. The molecule has 0 heterocycles. The average Bonchev–Trinajstić information content (AvgIpc) is 2.25. The van der Waals surface area contributed by atoms with Gasteiger partial charge in [-0.2, -0.15) is 4.39 Å². The lowest BCUT2D eigenvalue weighted by Gasteiger charge is -2.14. The molecule has 0 fully saturated rings. The van der Waals surface area contributed by atoms with E-state index < -0.39 is 21.8 Å². The molecule has 106 valence electrons. The highest BCUT2D eigenvalue weighted by molar-refractivity contribution is 5.76. The number of nitro groups is 1. The first kappa shape index (κ1) is 15.6. The Morgan fingerprint density at radius 3 is 2.60 bits per heavy atom. The maximum Gasteiger partial charge on any atom is 0.306 e. The van der Waals surface area contributed by atoms with Gasteiger partial charge in [0.2, 0.25) is 5.82 Å². The van der Waals surface area contributed by atoms with Crippen molar-refractivity contribution in [1.29, 1.82) is 0 Å². The van der Waals surface area contributed by atoms with E-state index in [9.17, 15) is 19.3 Å². The standard InChI is InChI=1S/C14H15FN2O3/c1-9(18)8-14(2,3)5-4-10-6-13(17(19)20)11(15)7-12(10)16/h6-7H,8,16H2,1-3H3. The number of halogens is 1. The molecule has 0 unspecified atom stereocenters. The quantitative estimate of drug-likeness (QED) is 0.398. The average molecular weight is 278 g/mol. The number of nitrogen functional groups attached to an aromatic ring is 1. The zero-order chi connectivity index (χ0) is 15.5. The van der Waals surface area contributed by atoms with Crippen molar-refractivity contribution >= 4 is 17.2 Å². The van der Waals surface area contributed by atoms with Crippen LogP contribution in [-0.2, 0) is 4.79 Å². The Bertz CT molecular complexity index is 627. The molecule has 0 aliphatic heterocycles. The maximum atomic E-state index is 13.3. The SMILES string of the molecule is CC(=O)CC(C)(C)C#Cc1cc([N+](=O)[O-])c(F)cc1N. The van der Waals surface area contributed by atoms with E-state index >= 15 is 0 Å². The largest absolute Gasteiger partial charge is 0.398 e. The Hall–Kier alpha value is -2.42. The number of nitro benzene ring substituents is 1. The Balaban J connectivity index is 3.20. The van der Waals surface area contributed by atoms with Crippen molar-refractivity contribution < 1.29 is 14.1 Å². The molecule has 0 amide bonds. The Morgan fingerprint density at radius 1 is 1.50 bits per heavy atom. The van der Waals surface area contributed by atoms with Gasteiger partial charge in [0.05, 0.1) is 16.2 Å². The second kappa shape index (κ2) is 5.70. The van der Waals surface area contributed by atoms with Crippen LogP contribution in [0.4, 0.5) is 15.8 Å². The molecule has 0 saturated heterocycles. The highest BCUT2D eigenvalue weighted by atomic mass is 19.1. The highest BCUT2D eigenvalue weighted by Crippen LogP contribution is 2.24. The fourth-order valence-electron chi connectivity index (χ4n) is 1.73. The lowest BCUT2D eigenvalue weighted by atomic mass is 9.88. The van der Waals surface area contributed by atoms with E-state index in [1.54, 1.807) is 13.8 Å². The molecule has 2 N–H and O–H groups in total. The van der Waals surface area contributed by atoms with Crippen molar-refractivity contribution in [3.8, 4) is 11.8 Å². The molecule has 0 saturated carbocycles. The van der Waals surface area contributed by atoms with E-state index in [1.165, 1.54) is 6.92 Å². The van der Waals surface area contributed by atoms with E-state index in [1.807, 2.05) is 0 Å². The van der Waals surface area contributed by atoms with E-state index in [4.69, 9.17) is 5.73 Å². The Labute approximate surface area is 116 Å². The molecular weight excluding hydrogens is 263 g/mol. The first-order valence-corrected chi connectivity index (χ1v) is 5.88. The van der Waals surface area contributed by atoms with E-state index in [0.717, 1.165) is 12.1 Å². The summed E-state index contributed by atoms with van der Waals surface area (Å²) >= 11 is 0. The van der Waals surface area contributed by atoms with E-state index in [0.29, 0.717) is 0 Å². The summed E-state index contributed by atoms with van der Waals surface area (Å²) in [7, 11) is 0. The van der Waals surface area contributed by atoms with E-state index in [2.05, 4.69) is 11.8 Å². The van der Waals surface area contributed by atoms with Crippen LogP contribution in [0.2, 0.25) is 0 Å². The second-order valence-corrected chi connectivity index (χ2v) is 5.16. The van der Waals surface area contributed by atoms with Gasteiger partial charge in [-0.15, -0.1) is 0 Å². The van der Waals surface area contributed by atoms with Crippen LogP contribution < -0.4 is 5.73 Å². The summed E-state index contributed by atoms with van der Waals surface area (Å²) in [5, 5.41) is 10.7. The Morgan fingerprint density at radius 2 is 2.10 bits per heavy atom. The zero-order valence-corrected chi connectivity index (χ0v) is 11.5. The fourth-order valence-corrected chi connectivity index (χ4v) is 1.73. The summed E-state index contributed by atoms with van der Waals surface area (Å²) in [6, 6.07) is 1.88. The zero-order valence-electron chi connectivity index (χ0n) is 11.5. The predicted molar refractivity (Wildman–Crippen MR) is 73.4 cm³/mol. The summed E-state index contributed by atoms with van der Waals surface area (Å²) in [5.41, 5.74) is 4.54. The van der Waals surface area contributed by atoms with Gasteiger partial charge in [-0.05, 0) is 20.8 Å². The van der Waals surface area contributed by atoms with Gasteiger partial charge in [-0.25, -0.2) is 0 Å². The third kappa shape index (κ3) is 4.05. The minimum Gasteiger partial charge on any atom is -0.398 e. The first-order chi connectivity index (χ1) is 9.12. The summed E-state index contributed by atoms with van der Waals surface area (Å²) in [5.74, 6) is 4.51. The molecule has 1 aromatic rings. The third-order valence-corrected chi connectivity index (χ3v) is 2.54. The lowest BCUT2D eigenvalue weighted by Crippen LogP contribution is -2.12. The Kier molecular flexibility index (Phi) is 4.45. The molecule has 20 heavy (non-hydrogen) atoms. The monoisotopic (exact) mass is 278 g/mol. The number of rotatable bonds is 3. The minimum atomic E-state index is -0.999. The predicted octanol–water partition coefficient (Wildman–Crippen LogP) is 2.67. The summed E-state index contributed by atoms with van der Waals surface area (Å²) in [6.07, 6.45) is 0.253. The molecule has 0 aliphatic rings. The van der Waals surface area contributed by atoms with Crippen LogP contribution in [0.3, 0.4) is 0 Å². The molecule has 0 radical (unpaired) electrons. The van der Waals surface area contributed by atoms with Gasteiger partial charge in [0.15, 0.2) is 0 Å². The number of hydrogen-bond donors (Lipinski definition) is 1. The van der Waals surface area contributed by atoms with Crippen LogP contribution in [0.25, 0.3) is 0 Å². The number of nitrogens with zero attached hydrogens (tertiary/aromatic N) is 1. The molecule has 0 aromatic heterocycles. The van der Waals surface area contributed by atoms with Crippen molar-refractivity contribution in [3.63, 3.8) is 0 Å². The second-order valence-electron chi connectivity index (χ2n) is 5.16. The molecule has 1 aromatic carbocycles. The van der Waals surface area contributed by atoms with Gasteiger partial charge in [0.1, 0.15) is 5.78 Å². The van der Waals surface area contributed by atoms with E-state index in [-0.39, 0.29) is 23.5 Å². The maximum absolute atomic E-state index is 13.3. The van der Waals surface area contributed by atoms with Crippen molar-refractivity contribution in [1.82, 2.24) is 0 Å². The number of ketones is 1. The van der Waals surface area contributed by atoms with Gasteiger partial charge in [0, 0.05) is 24.0 Å². The van der Waals surface area contributed by atoms with Gasteiger partial charge < -0.3 is 5.73 Å². The van der Waals surface area contributed by atoms with Crippen molar-refractivity contribution in [3.05, 3.63) is 33.6 Å². The number of carbonyl (C=O) groups is 1.